The molecule has 3 fully saturated rings. The molecule has 1 aromatic heterocycles. The third kappa shape index (κ3) is 6.15. The van der Waals surface area contributed by atoms with Crippen LogP contribution in [0.1, 0.15) is 25.8 Å². The molecule has 1 N–H and O–H groups in total. The number of carbonyl (C=O) groups excluding carboxylic acids is 1. The van der Waals surface area contributed by atoms with Gasteiger partial charge in [0.1, 0.15) is 24.3 Å². The molecule has 0 spiro atoms. The van der Waals surface area contributed by atoms with Crippen LogP contribution in [-0.2, 0) is 9.53 Å². The minimum absolute atomic E-state index is 0.0649. The molecule has 0 aliphatic carbocycles. The van der Waals surface area contributed by atoms with E-state index in [9.17, 15) is 10.1 Å². The van der Waals surface area contributed by atoms with E-state index >= 15 is 0 Å². The lowest BCUT2D eigenvalue weighted by Gasteiger charge is -2.43. The van der Waals surface area contributed by atoms with Crippen molar-refractivity contribution in [2.45, 2.75) is 32.4 Å². The summed E-state index contributed by atoms with van der Waals surface area (Å²) in [4.78, 5) is 31.8. The molecule has 1 amide bonds. The molecule has 218 valence electrons. The summed E-state index contributed by atoms with van der Waals surface area (Å²) >= 11 is 0. The predicted molar refractivity (Wildman–Crippen MR) is 159 cm³/mol. The first-order valence-electron chi connectivity index (χ1n) is 14.6. The van der Waals surface area contributed by atoms with E-state index < -0.39 is 0 Å². The number of nitriles is 1. The van der Waals surface area contributed by atoms with Gasteiger partial charge in [-0.3, -0.25) is 9.69 Å². The molecule has 42 heavy (non-hydrogen) atoms. The first kappa shape index (κ1) is 27.9. The quantitative estimate of drug-likeness (QED) is 0.455. The van der Waals surface area contributed by atoms with Crippen molar-refractivity contribution in [3.8, 4) is 23.2 Å². The van der Waals surface area contributed by atoms with Crippen LogP contribution in [0.2, 0.25) is 0 Å². The molecule has 3 aliphatic rings. The SMILES string of the molecule is CC(=O)N1CC[C@H](Oc2ccc(-c3ncnc(Nc4ccc(N5CCN(C6COC6)CC5)cc4)n3)cc2C#N)[C@H](C)C1. The maximum atomic E-state index is 11.7. The Morgan fingerprint density at radius 3 is 2.52 bits per heavy atom. The number of benzene rings is 2. The van der Waals surface area contributed by atoms with E-state index in [1.807, 2.05) is 23.1 Å². The van der Waals surface area contributed by atoms with Gasteiger partial charge in [-0.25, -0.2) is 9.97 Å². The van der Waals surface area contributed by atoms with E-state index in [1.54, 1.807) is 19.1 Å². The van der Waals surface area contributed by atoms with E-state index in [2.05, 4.69) is 55.2 Å². The highest BCUT2D eigenvalue weighted by Crippen LogP contribution is 2.29. The summed E-state index contributed by atoms with van der Waals surface area (Å²) in [6.45, 7) is 10.8. The number of amides is 1. The molecule has 2 aromatic carbocycles. The van der Waals surface area contributed by atoms with E-state index in [1.165, 1.54) is 12.0 Å². The molecule has 6 rings (SSSR count). The molecule has 11 heteroatoms. The fourth-order valence-corrected chi connectivity index (χ4v) is 5.77. The Balaban J connectivity index is 1.08. The highest BCUT2D eigenvalue weighted by Gasteiger charge is 2.30. The van der Waals surface area contributed by atoms with Crippen molar-refractivity contribution in [3.05, 3.63) is 54.4 Å². The summed E-state index contributed by atoms with van der Waals surface area (Å²) < 4.78 is 11.6. The van der Waals surface area contributed by atoms with Crippen molar-refractivity contribution in [2.75, 3.05) is 62.7 Å². The van der Waals surface area contributed by atoms with Gasteiger partial charge in [-0.05, 0) is 42.5 Å². The molecule has 0 radical (unpaired) electrons. The van der Waals surface area contributed by atoms with Crippen molar-refractivity contribution < 1.29 is 14.3 Å². The number of hydrogen-bond donors (Lipinski definition) is 1. The normalized spacial score (nSPS) is 21.4. The minimum Gasteiger partial charge on any atom is -0.489 e. The summed E-state index contributed by atoms with van der Waals surface area (Å²) in [6.07, 6.45) is 2.13. The van der Waals surface area contributed by atoms with Gasteiger partial charge in [-0.15, -0.1) is 0 Å². The van der Waals surface area contributed by atoms with Gasteiger partial charge >= 0.3 is 0 Å². The van der Waals surface area contributed by atoms with Gasteiger partial charge in [0, 0.05) is 75.5 Å². The van der Waals surface area contributed by atoms with Gasteiger partial charge in [0.2, 0.25) is 11.9 Å². The largest absolute Gasteiger partial charge is 0.489 e. The van der Waals surface area contributed by atoms with Crippen LogP contribution in [0.5, 0.6) is 5.75 Å². The Morgan fingerprint density at radius 1 is 1.07 bits per heavy atom. The highest BCUT2D eigenvalue weighted by atomic mass is 16.5. The Kier molecular flexibility index (Phi) is 8.17. The topological polar surface area (TPSA) is 120 Å². The second kappa shape index (κ2) is 12.3. The summed E-state index contributed by atoms with van der Waals surface area (Å²) in [5.74, 6) is 1.66. The standard InChI is InChI=1S/C31H36N8O3/c1-21-17-39(22(2)40)10-9-28(21)42-29-8-3-23(15-24(29)16-32)30-33-20-34-31(36-30)35-25-4-6-26(7-5-25)37-11-13-38(14-12-37)27-18-41-19-27/h3-8,15,20-21,27-28H,9-14,17-19H2,1-2H3,(H,33,34,35,36)/t21-,28+/m1/s1. The lowest BCUT2D eigenvalue weighted by Crippen LogP contribution is -2.56. The molecule has 4 heterocycles. The van der Waals surface area contributed by atoms with E-state index in [-0.39, 0.29) is 17.9 Å². The van der Waals surface area contributed by atoms with Crippen molar-refractivity contribution in [3.63, 3.8) is 0 Å². The summed E-state index contributed by atoms with van der Waals surface area (Å²) in [5, 5.41) is 13.1. The summed E-state index contributed by atoms with van der Waals surface area (Å²) in [7, 11) is 0. The Bertz CT molecular complexity index is 1450. The van der Waals surface area contributed by atoms with Gasteiger partial charge in [0.25, 0.3) is 0 Å². The number of piperazine rings is 1. The Morgan fingerprint density at radius 2 is 1.86 bits per heavy atom. The predicted octanol–water partition coefficient (Wildman–Crippen LogP) is 3.31. The molecule has 3 aromatic rings. The zero-order valence-corrected chi connectivity index (χ0v) is 24.1. The fourth-order valence-electron chi connectivity index (χ4n) is 5.77. The fraction of sp³-hybridized carbons (Fsp3) is 0.452. The van der Waals surface area contributed by atoms with E-state index in [4.69, 9.17) is 9.47 Å². The van der Waals surface area contributed by atoms with Crippen molar-refractivity contribution in [1.29, 1.82) is 5.26 Å². The van der Waals surface area contributed by atoms with Crippen LogP contribution in [0.3, 0.4) is 0 Å². The van der Waals surface area contributed by atoms with Crippen LogP contribution < -0.4 is 15.0 Å². The number of rotatable bonds is 7. The minimum atomic E-state index is -0.0649. The van der Waals surface area contributed by atoms with Gasteiger partial charge in [-0.1, -0.05) is 6.92 Å². The molecule has 11 nitrogen and oxygen atoms in total. The lowest BCUT2D eigenvalue weighted by molar-refractivity contribution is -0.131. The second-order valence-electron chi connectivity index (χ2n) is 11.2. The molecule has 0 unspecified atom stereocenters. The van der Waals surface area contributed by atoms with Gasteiger partial charge in [0.05, 0.1) is 24.8 Å². The van der Waals surface area contributed by atoms with Gasteiger partial charge in [-0.2, -0.15) is 10.2 Å². The average molecular weight is 569 g/mol. The number of nitrogens with zero attached hydrogens (tertiary/aromatic N) is 7. The molecular weight excluding hydrogens is 532 g/mol. The monoisotopic (exact) mass is 568 g/mol. The average Bonchev–Trinajstić information content (AvgIpc) is 2.98. The van der Waals surface area contributed by atoms with Crippen LogP contribution in [0, 0.1) is 17.2 Å². The molecule has 3 aliphatic heterocycles. The first-order valence-corrected chi connectivity index (χ1v) is 14.6. The summed E-state index contributed by atoms with van der Waals surface area (Å²) in [6, 6.07) is 16.6. The first-order chi connectivity index (χ1) is 20.5. The maximum Gasteiger partial charge on any atom is 0.230 e. The highest BCUT2D eigenvalue weighted by molar-refractivity contribution is 5.73. The van der Waals surface area contributed by atoms with E-state index in [0.29, 0.717) is 47.8 Å². The van der Waals surface area contributed by atoms with Crippen LogP contribution >= 0.6 is 0 Å². The van der Waals surface area contributed by atoms with Crippen LogP contribution in [0.25, 0.3) is 11.4 Å². The van der Waals surface area contributed by atoms with Crippen LogP contribution in [-0.4, -0.2) is 95.3 Å². The lowest BCUT2D eigenvalue weighted by atomic mass is 9.96. The number of aromatic nitrogens is 3. The Hall–Kier alpha value is -4.27. The third-order valence-electron chi connectivity index (χ3n) is 8.42. The van der Waals surface area contributed by atoms with Gasteiger partial charge in [0.15, 0.2) is 5.82 Å². The molecular formula is C31H36N8O3. The third-order valence-corrected chi connectivity index (χ3v) is 8.42. The Labute approximate surface area is 246 Å². The number of likely N-dealkylation sites (tertiary alicyclic amines) is 1. The number of piperidine rings is 1. The number of carbonyl (C=O) groups is 1. The molecule has 2 atom stereocenters. The van der Waals surface area contributed by atoms with Crippen molar-refractivity contribution >= 4 is 23.2 Å². The molecule has 3 saturated heterocycles. The smallest absolute Gasteiger partial charge is 0.230 e. The zero-order valence-electron chi connectivity index (χ0n) is 24.1. The van der Waals surface area contributed by atoms with Crippen molar-refractivity contribution in [2.24, 2.45) is 5.92 Å². The van der Waals surface area contributed by atoms with Crippen LogP contribution in [0.4, 0.5) is 17.3 Å². The molecule has 0 bridgehead atoms. The molecule has 0 saturated carbocycles. The zero-order chi connectivity index (χ0) is 29.1. The maximum absolute atomic E-state index is 11.7. The number of nitrogens with one attached hydrogen (secondary N) is 1. The number of hydrogen-bond acceptors (Lipinski definition) is 10. The van der Waals surface area contributed by atoms with Crippen molar-refractivity contribution in [1.82, 2.24) is 24.8 Å². The summed E-state index contributed by atoms with van der Waals surface area (Å²) in [5.41, 5.74) is 3.20. The van der Waals surface area contributed by atoms with E-state index in [0.717, 1.165) is 51.5 Å². The number of anilines is 3. The van der Waals surface area contributed by atoms with Crippen LogP contribution in [0.15, 0.2) is 48.8 Å². The second-order valence-corrected chi connectivity index (χ2v) is 11.2. The van der Waals surface area contributed by atoms with Gasteiger partial charge < -0.3 is 24.6 Å². The number of ether oxygens (including phenoxy) is 2.